The third-order valence-corrected chi connectivity index (χ3v) is 7.74. The fourth-order valence-corrected chi connectivity index (χ4v) is 5.09. The lowest BCUT2D eigenvalue weighted by atomic mass is 10.1. The van der Waals surface area contributed by atoms with Gasteiger partial charge in [-0.1, -0.05) is 70.0 Å². The van der Waals surface area contributed by atoms with Gasteiger partial charge in [0.1, 0.15) is 0 Å². The van der Waals surface area contributed by atoms with E-state index < -0.39 is 15.9 Å². The maximum absolute atomic E-state index is 13.2. The lowest BCUT2D eigenvalue weighted by molar-refractivity contribution is 0.0980. The summed E-state index contributed by atoms with van der Waals surface area (Å²) in [4.78, 5) is 24.0. The van der Waals surface area contributed by atoms with Crippen LogP contribution in [0.15, 0.2) is 94.4 Å². The molecular formula is C27H24BrClN4O3S. The van der Waals surface area contributed by atoms with E-state index in [4.69, 9.17) is 11.6 Å². The van der Waals surface area contributed by atoms with Gasteiger partial charge in [0.05, 0.1) is 16.2 Å². The second-order valence-electron chi connectivity index (χ2n) is 8.38. The summed E-state index contributed by atoms with van der Waals surface area (Å²) in [6.45, 7) is 0.657. The average Bonchev–Trinajstić information content (AvgIpc) is 2.88. The summed E-state index contributed by atoms with van der Waals surface area (Å²) in [5, 5.41) is 0.551. The predicted octanol–water partition coefficient (Wildman–Crippen LogP) is 5.28. The molecule has 4 rings (SSSR count). The van der Waals surface area contributed by atoms with Gasteiger partial charge in [0.25, 0.3) is 15.9 Å². The van der Waals surface area contributed by atoms with Crippen molar-refractivity contribution in [1.29, 1.82) is 0 Å². The molecule has 1 heterocycles. The van der Waals surface area contributed by atoms with Gasteiger partial charge in [-0.15, -0.1) is 0 Å². The third-order valence-electron chi connectivity index (χ3n) is 5.63. The Kier molecular flexibility index (Phi) is 8.58. The Morgan fingerprint density at radius 1 is 1.00 bits per heavy atom. The van der Waals surface area contributed by atoms with Crippen LogP contribution in [0.5, 0.6) is 0 Å². The minimum absolute atomic E-state index is 0.0291. The number of benzene rings is 3. The quantitative estimate of drug-likeness (QED) is 0.281. The molecule has 1 aromatic heterocycles. The molecule has 10 heteroatoms. The Hall–Kier alpha value is -3.27. The van der Waals surface area contributed by atoms with Crippen molar-refractivity contribution < 1.29 is 13.2 Å². The topological polar surface area (TPSA) is 92.3 Å². The number of carbonyl (C=O) groups is 1. The smallest absolute Gasteiger partial charge is 0.268 e. The molecule has 0 bridgehead atoms. The zero-order valence-electron chi connectivity index (χ0n) is 19.9. The molecule has 0 aliphatic rings. The highest BCUT2D eigenvalue weighted by atomic mass is 79.9. The van der Waals surface area contributed by atoms with Gasteiger partial charge in [0.2, 0.25) is 5.95 Å². The number of aromatic nitrogens is 2. The highest BCUT2D eigenvalue weighted by Crippen LogP contribution is 2.20. The van der Waals surface area contributed by atoms with Gasteiger partial charge in [-0.2, -0.15) is 0 Å². The van der Waals surface area contributed by atoms with E-state index in [1.165, 1.54) is 23.9 Å². The molecule has 4 aromatic rings. The van der Waals surface area contributed by atoms with E-state index in [0.29, 0.717) is 23.2 Å². The first-order valence-corrected chi connectivity index (χ1v) is 14.0. The summed E-state index contributed by atoms with van der Waals surface area (Å²) in [5.41, 5.74) is 2.47. The molecule has 0 aliphatic heterocycles. The van der Waals surface area contributed by atoms with E-state index in [0.717, 1.165) is 16.5 Å². The summed E-state index contributed by atoms with van der Waals surface area (Å²) in [6, 6.07) is 23.3. The van der Waals surface area contributed by atoms with Crippen molar-refractivity contribution >= 4 is 49.4 Å². The van der Waals surface area contributed by atoms with E-state index in [2.05, 4.69) is 42.8 Å². The van der Waals surface area contributed by atoms with Crippen molar-refractivity contribution in [1.82, 2.24) is 14.7 Å². The molecule has 0 spiro atoms. The van der Waals surface area contributed by atoms with Crippen LogP contribution in [0, 0.1) is 0 Å². The number of nitrogens with one attached hydrogen (secondary N) is 1. The van der Waals surface area contributed by atoms with E-state index in [1.54, 1.807) is 24.3 Å². The van der Waals surface area contributed by atoms with E-state index in [1.807, 2.05) is 42.3 Å². The normalized spacial score (nSPS) is 11.2. The molecule has 190 valence electrons. The van der Waals surface area contributed by atoms with Gasteiger partial charge >= 0.3 is 0 Å². The van der Waals surface area contributed by atoms with Crippen LogP contribution < -0.4 is 9.62 Å². The number of anilines is 1. The van der Waals surface area contributed by atoms with E-state index in [-0.39, 0.29) is 16.9 Å². The number of rotatable bonds is 9. The van der Waals surface area contributed by atoms with Gasteiger partial charge in [-0.05, 0) is 53.9 Å². The first kappa shape index (κ1) is 26.8. The number of nitrogens with zero attached hydrogens (tertiary/aromatic N) is 3. The number of likely N-dealkylation sites (N-methyl/N-ethyl adjacent to an activating group) is 1. The molecule has 0 atom stereocenters. The SMILES string of the molecule is CN(CCc1ccccc1)c1ncc(C(=O)NS(=O)(=O)c2ccc(Br)cc2)c(Cc2cccc(Cl)c2)n1. The van der Waals surface area contributed by atoms with Crippen LogP contribution in [0.25, 0.3) is 0 Å². The number of sulfonamides is 1. The third kappa shape index (κ3) is 7.15. The second kappa shape index (κ2) is 11.9. The Balaban J connectivity index is 1.61. The van der Waals surface area contributed by atoms with Crippen molar-refractivity contribution in [3.05, 3.63) is 117 Å². The average molecular weight is 600 g/mol. The summed E-state index contributed by atoms with van der Waals surface area (Å²) in [6.07, 6.45) is 2.43. The van der Waals surface area contributed by atoms with Crippen LogP contribution in [0.3, 0.4) is 0 Å². The van der Waals surface area contributed by atoms with Crippen LogP contribution in [0.2, 0.25) is 5.02 Å². The Bertz CT molecular complexity index is 1500. The van der Waals surface area contributed by atoms with Gasteiger partial charge in [-0.25, -0.2) is 23.1 Å². The molecule has 0 saturated heterocycles. The number of hydrogen-bond acceptors (Lipinski definition) is 6. The fraction of sp³-hybridized carbons (Fsp3) is 0.148. The standard InChI is InChI=1S/C27H24BrClN4O3S/c1-33(15-14-19-6-3-2-4-7-19)27-30-18-24(25(31-27)17-20-8-5-9-22(29)16-20)26(34)32-37(35,36)23-12-10-21(28)11-13-23/h2-13,16,18H,14-15,17H2,1H3,(H,32,34). The molecule has 0 unspecified atom stereocenters. The molecule has 37 heavy (non-hydrogen) atoms. The minimum atomic E-state index is -4.09. The number of hydrogen-bond donors (Lipinski definition) is 1. The van der Waals surface area contributed by atoms with Crippen molar-refractivity contribution in [2.45, 2.75) is 17.7 Å². The summed E-state index contributed by atoms with van der Waals surface area (Å²) in [7, 11) is -2.22. The Morgan fingerprint density at radius 2 is 1.70 bits per heavy atom. The molecule has 7 nitrogen and oxygen atoms in total. The van der Waals surface area contributed by atoms with Crippen LogP contribution in [-0.2, 0) is 22.9 Å². The summed E-state index contributed by atoms with van der Waals surface area (Å²) < 4.78 is 28.5. The highest BCUT2D eigenvalue weighted by Gasteiger charge is 2.23. The number of carbonyl (C=O) groups excluding carboxylic acids is 1. The lowest BCUT2D eigenvalue weighted by Gasteiger charge is -2.19. The fourth-order valence-electron chi connectivity index (χ4n) is 3.65. The number of amides is 1. The minimum Gasteiger partial charge on any atom is -0.344 e. The largest absolute Gasteiger partial charge is 0.344 e. The molecule has 1 N–H and O–H groups in total. The van der Waals surface area contributed by atoms with Crippen LogP contribution in [0.1, 0.15) is 27.2 Å². The molecular weight excluding hydrogens is 576 g/mol. The number of halogens is 2. The Labute approximate surface area is 229 Å². The monoisotopic (exact) mass is 598 g/mol. The molecule has 0 aliphatic carbocycles. The Morgan fingerprint density at radius 3 is 2.41 bits per heavy atom. The summed E-state index contributed by atoms with van der Waals surface area (Å²) >= 11 is 9.43. The molecule has 0 radical (unpaired) electrons. The highest BCUT2D eigenvalue weighted by molar-refractivity contribution is 9.10. The maximum Gasteiger partial charge on any atom is 0.268 e. The zero-order chi connectivity index (χ0) is 26.4. The molecule has 0 saturated carbocycles. The zero-order valence-corrected chi connectivity index (χ0v) is 23.1. The van der Waals surface area contributed by atoms with Crippen molar-refractivity contribution in [3.63, 3.8) is 0 Å². The van der Waals surface area contributed by atoms with Crippen molar-refractivity contribution in [3.8, 4) is 0 Å². The molecule has 0 fully saturated rings. The van der Waals surface area contributed by atoms with E-state index >= 15 is 0 Å². The van der Waals surface area contributed by atoms with Crippen LogP contribution >= 0.6 is 27.5 Å². The molecule has 3 aromatic carbocycles. The first-order chi connectivity index (χ1) is 17.7. The van der Waals surface area contributed by atoms with Gasteiger partial charge in [-0.3, -0.25) is 4.79 Å². The lowest BCUT2D eigenvalue weighted by Crippen LogP contribution is -2.32. The first-order valence-electron chi connectivity index (χ1n) is 11.4. The van der Waals surface area contributed by atoms with Crippen molar-refractivity contribution in [2.24, 2.45) is 0 Å². The van der Waals surface area contributed by atoms with Crippen LogP contribution in [0.4, 0.5) is 5.95 Å². The summed E-state index contributed by atoms with van der Waals surface area (Å²) in [5.74, 6) is -0.376. The van der Waals surface area contributed by atoms with Crippen molar-refractivity contribution in [2.75, 3.05) is 18.5 Å². The predicted molar refractivity (Wildman–Crippen MR) is 148 cm³/mol. The maximum atomic E-state index is 13.2. The van der Waals surface area contributed by atoms with Gasteiger partial charge in [0.15, 0.2) is 0 Å². The van der Waals surface area contributed by atoms with Gasteiger partial charge < -0.3 is 4.90 Å². The van der Waals surface area contributed by atoms with E-state index in [9.17, 15) is 13.2 Å². The molecule has 1 amide bonds. The second-order valence-corrected chi connectivity index (χ2v) is 11.4. The van der Waals surface area contributed by atoms with Crippen LogP contribution in [-0.4, -0.2) is 37.9 Å². The van der Waals surface area contributed by atoms with Gasteiger partial charge in [0, 0.05) is 35.7 Å².